The summed E-state index contributed by atoms with van der Waals surface area (Å²) in [6, 6.07) is 5.05. The Hall–Kier alpha value is -0.230. The van der Waals surface area contributed by atoms with Gasteiger partial charge in [0.25, 0.3) is 0 Å². The van der Waals surface area contributed by atoms with Gasteiger partial charge in [0.1, 0.15) is 0 Å². The summed E-state index contributed by atoms with van der Waals surface area (Å²) in [5.74, 6) is 0.258. The summed E-state index contributed by atoms with van der Waals surface area (Å²) in [5.41, 5.74) is 0. The van der Waals surface area contributed by atoms with Crippen LogP contribution in [0.15, 0.2) is 15.9 Å². The zero-order chi connectivity index (χ0) is 13.4. The molecule has 0 N–H and O–H groups in total. The molecular formula is C14H19BrN2OS. The van der Waals surface area contributed by atoms with E-state index in [1.165, 1.54) is 30.7 Å². The average Bonchev–Trinajstić information content (AvgIpc) is 2.98. The molecule has 0 radical (unpaired) electrons. The Morgan fingerprint density at radius 2 is 2.32 bits per heavy atom. The number of Topliss-reactive ketones (excluding diaryl/α,β-unsaturated/α-hetero) is 1. The molecule has 0 saturated carbocycles. The molecule has 3 nitrogen and oxygen atoms in total. The standard InChI is InChI=1S/C14H19BrN2OS/c1-10-7-16-6-2-3-11(16)8-17(10)9-12(18)13-4-5-14(15)19-13/h4-5,10-11H,2-3,6-9H2,1H3. The summed E-state index contributed by atoms with van der Waals surface area (Å²) in [6.07, 6.45) is 2.61. The molecule has 0 aliphatic carbocycles. The monoisotopic (exact) mass is 342 g/mol. The van der Waals surface area contributed by atoms with E-state index >= 15 is 0 Å². The number of carbonyl (C=O) groups is 1. The third-order valence-corrected chi connectivity index (χ3v) is 5.93. The number of halogens is 1. The minimum absolute atomic E-state index is 0.258. The number of rotatable bonds is 3. The van der Waals surface area contributed by atoms with Crippen molar-refractivity contribution >= 4 is 33.0 Å². The van der Waals surface area contributed by atoms with Crippen LogP contribution in [0.5, 0.6) is 0 Å². The van der Waals surface area contributed by atoms with E-state index in [4.69, 9.17) is 0 Å². The first-order chi connectivity index (χ1) is 9.13. The third-order valence-electron chi connectivity index (χ3n) is 4.26. The van der Waals surface area contributed by atoms with Crippen LogP contribution in [-0.4, -0.2) is 53.8 Å². The van der Waals surface area contributed by atoms with Gasteiger partial charge >= 0.3 is 0 Å². The van der Waals surface area contributed by atoms with Crippen molar-refractivity contribution in [3.8, 4) is 0 Å². The van der Waals surface area contributed by atoms with Gasteiger partial charge in [-0.15, -0.1) is 11.3 Å². The van der Waals surface area contributed by atoms with E-state index in [1.807, 2.05) is 12.1 Å². The largest absolute Gasteiger partial charge is 0.298 e. The van der Waals surface area contributed by atoms with E-state index in [0.717, 1.165) is 21.8 Å². The van der Waals surface area contributed by atoms with Crippen LogP contribution in [0.4, 0.5) is 0 Å². The molecule has 2 aliphatic heterocycles. The molecule has 0 amide bonds. The maximum atomic E-state index is 12.3. The van der Waals surface area contributed by atoms with Crippen molar-refractivity contribution in [3.63, 3.8) is 0 Å². The van der Waals surface area contributed by atoms with Gasteiger partial charge in [-0.3, -0.25) is 14.6 Å². The molecule has 2 atom stereocenters. The summed E-state index contributed by atoms with van der Waals surface area (Å²) >= 11 is 4.96. The predicted molar refractivity (Wildman–Crippen MR) is 82.0 cm³/mol. The molecule has 3 heterocycles. The predicted octanol–water partition coefficient (Wildman–Crippen LogP) is 2.86. The molecule has 0 bridgehead atoms. The van der Waals surface area contributed by atoms with Crippen molar-refractivity contribution in [1.82, 2.24) is 9.80 Å². The minimum atomic E-state index is 0.258. The van der Waals surface area contributed by atoms with Crippen molar-refractivity contribution in [1.29, 1.82) is 0 Å². The number of ketones is 1. The average molecular weight is 343 g/mol. The SMILES string of the molecule is CC1CN2CCCC2CN1CC(=O)c1ccc(Br)s1. The molecule has 1 aromatic heterocycles. The summed E-state index contributed by atoms with van der Waals surface area (Å²) in [6.45, 7) is 6.23. The first-order valence-corrected chi connectivity index (χ1v) is 8.51. The maximum absolute atomic E-state index is 12.3. The van der Waals surface area contributed by atoms with Gasteiger partial charge in [-0.1, -0.05) is 0 Å². The first kappa shape index (κ1) is 13.7. The highest BCUT2D eigenvalue weighted by atomic mass is 79.9. The van der Waals surface area contributed by atoms with Gasteiger partial charge in [-0.2, -0.15) is 0 Å². The highest BCUT2D eigenvalue weighted by Gasteiger charge is 2.35. The molecule has 2 aliphatic rings. The van der Waals surface area contributed by atoms with E-state index in [-0.39, 0.29) is 5.78 Å². The molecule has 19 heavy (non-hydrogen) atoms. The fourth-order valence-corrected chi connectivity index (χ4v) is 4.51. The second-order valence-corrected chi connectivity index (χ2v) is 8.06. The molecule has 104 valence electrons. The Kier molecular flexibility index (Phi) is 4.08. The van der Waals surface area contributed by atoms with Gasteiger partial charge in [0.15, 0.2) is 5.78 Å². The van der Waals surface area contributed by atoms with E-state index in [0.29, 0.717) is 18.6 Å². The summed E-state index contributed by atoms with van der Waals surface area (Å²) in [5, 5.41) is 0. The Balaban J connectivity index is 1.64. The molecule has 2 fully saturated rings. The van der Waals surface area contributed by atoms with Crippen LogP contribution in [-0.2, 0) is 0 Å². The van der Waals surface area contributed by atoms with Crippen molar-refractivity contribution in [2.45, 2.75) is 31.8 Å². The second-order valence-electron chi connectivity index (χ2n) is 5.60. The number of thiophene rings is 1. The van der Waals surface area contributed by atoms with Crippen LogP contribution < -0.4 is 0 Å². The summed E-state index contributed by atoms with van der Waals surface area (Å²) < 4.78 is 1.03. The van der Waals surface area contributed by atoms with Crippen LogP contribution in [0.1, 0.15) is 29.4 Å². The van der Waals surface area contributed by atoms with Crippen LogP contribution >= 0.6 is 27.3 Å². The topological polar surface area (TPSA) is 23.6 Å². The normalized spacial score (nSPS) is 28.5. The van der Waals surface area contributed by atoms with Gasteiger partial charge in [0.2, 0.25) is 0 Å². The number of hydrogen-bond acceptors (Lipinski definition) is 4. The minimum Gasteiger partial charge on any atom is -0.298 e. The Labute approximate surface area is 126 Å². The van der Waals surface area contributed by atoms with E-state index < -0.39 is 0 Å². The summed E-state index contributed by atoms with van der Waals surface area (Å²) in [7, 11) is 0. The second kappa shape index (κ2) is 5.64. The van der Waals surface area contributed by atoms with Crippen LogP contribution in [0.2, 0.25) is 0 Å². The molecule has 0 aromatic carbocycles. The highest BCUT2D eigenvalue weighted by molar-refractivity contribution is 9.11. The van der Waals surface area contributed by atoms with Crippen molar-refractivity contribution in [2.24, 2.45) is 0 Å². The Morgan fingerprint density at radius 1 is 1.47 bits per heavy atom. The fourth-order valence-electron chi connectivity index (χ4n) is 3.19. The number of carbonyl (C=O) groups excluding carboxylic acids is 1. The van der Waals surface area contributed by atoms with Gasteiger partial charge < -0.3 is 0 Å². The van der Waals surface area contributed by atoms with Gasteiger partial charge in [-0.05, 0) is 54.4 Å². The number of piperazine rings is 1. The van der Waals surface area contributed by atoms with Gasteiger partial charge in [0.05, 0.1) is 15.2 Å². The molecule has 3 rings (SSSR count). The highest BCUT2D eigenvalue weighted by Crippen LogP contribution is 2.26. The number of nitrogens with zero attached hydrogens (tertiary/aromatic N) is 2. The fraction of sp³-hybridized carbons (Fsp3) is 0.643. The van der Waals surface area contributed by atoms with E-state index in [1.54, 1.807) is 0 Å². The Morgan fingerprint density at radius 3 is 3.05 bits per heavy atom. The Bertz CT molecular complexity index is 476. The first-order valence-electron chi connectivity index (χ1n) is 6.90. The van der Waals surface area contributed by atoms with E-state index in [2.05, 4.69) is 32.7 Å². The number of fused-ring (bicyclic) bond motifs is 1. The molecular weight excluding hydrogens is 324 g/mol. The summed E-state index contributed by atoms with van der Waals surface area (Å²) in [4.78, 5) is 18.1. The van der Waals surface area contributed by atoms with Crippen LogP contribution in [0.3, 0.4) is 0 Å². The number of hydrogen-bond donors (Lipinski definition) is 0. The molecule has 5 heteroatoms. The van der Waals surface area contributed by atoms with E-state index in [9.17, 15) is 4.79 Å². The van der Waals surface area contributed by atoms with Crippen molar-refractivity contribution in [3.05, 3.63) is 20.8 Å². The lowest BCUT2D eigenvalue weighted by Crippen LogP contribution is -2.55. The van der Waals surface area contributed by atoms with Gasteiger partial charge in [-0.25, -0.2) is 0 Å². The molecule has 0 spiro atoms. The smallest absolute Gasteiger partial charge is 0.186 e. The van der Waals surface area contributed by atoms with Gasteiger partial charge in [0, 0.05) is 25.2 Å². The zero-order valence-electron chi connectivity index (χ0n) is 11.1. The lowest BCUT2D eigenvalue weighted by Gasteiger charge is -2.41. The quantitative estimate of drug-likeness (QED) is 0.789. The lowest BCUT2D eigenvalue weighted by atomic mass is 10.1. The molecule has 1 aromatic rings. The molecule has 2 unspecified atom stereocenters. The third kappa shape index (κ3) is 2.94. The maximum Gasteiger partial charge on any atom is 0.186 e. The molecule has 2 saturated heterocycles. The lowest BCUT2D eigenvalue weighted by molar-refractivity contribution is 0.0537. The zero-order valence-corrected chi connectivity index (χ0v) is 13.5. The van der Waals surface area contributed by atoms with Crippen LogP contribution in [0, 0.1) is 0 Å². The van der Waals surface area contributed by atoms with Crippen molar-refractivity contribution < 1.29 is 4.79 Å². The van der Waals surface area contributed by atoms with Crippen LogP contribution in [0.25, 0.3) is 0 Å². The van der Waals surface area contributed by atoms with Crippen molar-refractivity contribution in [2.75, 3.05) is 26.2 Å².